The maximum atomic E-state index is 11.2. The fraction of sp³-hybridized carbons (Fsp3) is 0.462. The molecule has 0 bridgehead atoms. The monoisotopic (exact) mass is 281 g/mol. The van der Waals surface area contributed by atoms with E-state index in [0.29, 0.717) is 19.2 Å². The molecular weight excluding hydrogens is 258 g/mol. The van der Waals surface area contributed by atoms with Crippen LogP contribution in [0.2, 0.25) is 0 Å². The zero-order valence-electron chi connectivity index (χ0n) is 12.3. The Hall–Kier alpha value is -2.31. The van der Waals surface area contributed by atoms with Crippen LogP contribution < -0.4 is 10.6 Å². The molecule has 7 heteroatoms. The molecule has 0 heterocycles. The zero-order valence-corrected chi connectivity index (χ0v) is 12.3. The third-order valence-corrected chi connectivity index (χ3v) is 2.01. The normalized spacial score (nSPS) is 11.1. The molecule has 0 aromatic carbocycles. The molecule has 0 fully saturated rings. The number of guanidine groups is 1. The summed E-state index contributed by atoms with van der Waals surface area (Å²) in [7, 11) is 1.73. The molecule has 0 spiro atoms. The first-order valence-electron chi connectivity index (χ1n) is 6.23. The van der Waals surface area contributed by atoms with Gasteiger partial charge >= 0.3 is 5.97 Å². The van der Waals surface area contributed by atoms with Crippen molar-refractivity contribution in [2.45, 2.75) is 13.8 Å². The molecule has 0 amide bonds. The molecule has 0 aliphatic rings. The molecule has 0 unspecified atom stereocenters. The molecule has 0 aromatic rings. The van der Waals surface area contributed by atoms with Gasteiger partial charge in [-0.3, -0.25) is 14.7 Å². The minimum Gasteiger partial charge on any atom is -0.465 e. The molecule has 0 atom stereocenters. The van der Waals surface area contributed by atoms with Crippen molar-refractivity contribution in [2.75, 3.05) is 26.9 Å². The summed E-state index contributed by atoms with van der Waals surface area (Å²) in [6.45, 7) is 11.6. The summed E-state index contributed by atoms with van der Waals surface area (Å²) in [6, 6.07) is 0. The Kier molecular flexibility index (Phi) is 9.37. The second-order valence-electron chi connectivity index (χ2n) is 3.73. The van der Waals surface area contributed by atoms with Gasteiger partial charge in [-0.05, 0) is 13.8 Å². The fourth-order valence-corrected chi connectivity index (χ4v) is 1.18. The Labute approximate surface area is 120 Å². The zero-order chi connectivity index (χ0) is 15.4. The lowest BCUT2D eigenvalue weighted by atomic mass is 10.5. The second kappa shape index (κ2) is 10.6. The van der Waals surface area contributed by atoms with Gasteiger partial charge in [0.2, 0.25) is 5.96 Å². The van der Waals surface area contributed by atoms with Crippen LogP contribution in [0.5, 0.6) is 0 Å². The first-order chi connectivity index (χ1) is 9.54. The molecule has 7 nitrogen and oxygen atoms in total. The molecule has 20 heavy (non-hydrogen) atoms. The van der Waals surface area contributed by atoms with Crippen LogP contribution in [-0.2, 0) is 9.53 Å². The summed E-state index contributed by atoms with van der Waals surface area (Å²) < 4.78 is 4.79. The van der Waals surface area contributed by atoms with Gasteiger partial charge in [-0.15, -0.1) is 0 Å². The van der Waals surface area contributed by atoms with Gasteiger partial charge in [0.25, 0.3) is 0 Å². The maximum Gasteiger partial charge on any atom is 0.327 e. The predicted molar refractivity (Wildman–Crippen MR) is 81.3 cm³/mol. The number of allylic oxidation sites excluding steroid dienone is 1. The van der Waals surface area contributed by atoms with E-state index in [2.05, 4.69) is 33.8 Å². The number of hydrogen-bond donors (Lipinski definition) is 2. The standard InChI is InChI=1S/C13H23N5O2/c1-6-16-13(14-5)18(10-17-11(3)4)9-15-8-12(19)20-7-2/h6,9,17H,1,3,7-8,10H2,2,4-5H3,(H,14,16)/b15-9-. The number of nitrogens with zero attached hydrogens (tertiary/aromatic N) is 3. The summed E-state index contributed by atoms with van der Waals surface area (Å²) >= 11 is 0. The van der Waals surface area contributed by atoms with E-state index in [-0.39, 0.29) is 12.5 Å². The van der Waals surface area contributed by atoms with Crippen molar-refractivity contribution < 1.29 is 9.53 Å². The largest absolute Gasteiger partial charge is 0.465 e. The second-order valence-corrected chi connectivity index (χ2v) is 3.73. The van der Waals surface area contributed by atoms with Gasteiger partial charge in [-0.2, -0.15) is 0 Å². The minimum atomic E-state index is -0.372. The first-order valence-corrected chi connectivity index (χ1v) is 6.23. The predicted octanol–water partition coefficient (Wildman–Crippen LogP) is 0.679. The first kappa shape index (κ1) is 17.7. The van der Waals surface area contributed by atoms with Crippen molar-refractivity contribution in [2.24, 2.45) is 9.98 Å². The number of carbonyl (C=O) groups excluding carboxylic acids is 1. The highest BCUT2D eigenvalue weighted by Gasteiger charge is 2.07. The lowest BCUT2D eigenvalue weighted by Crippen LogP contribution is -2.43. The quantitative estimate of drug-likeness (QED) is 0.296. The summed E-state index contributed by atoms with van der Waals surface area (Å²) in [4.78, 5) is 21.0. The van der Waals surface area contributed by atoms with Crippen LogP contribution in [0.15, 0.2) is 35.0 Å². The van der Waals surface area contributed by atoms with Crippen molar-refractivity contribution in [3.05, 3.63) is 25.1 Å². The molecule has 0 radical (unpaired) electrons. The Morgan fingerprint density at radius 1 is 1.50 bits per heavy atom. The van der Waals surface area contributed by atoms with Gasteiger partial charge in [0.1, 0.15) is 6.54 Å². The molecule has 0 rings (SSSR count). The number of rotatable bonds is 8. The highest BCUT2D eigenvalue weighted by atomic mass is 16.5. The molecule has 0 aromatic heterocycles. The Morgan fingerprint density at radius 3 is 2.70 bits per heavy atom. The lowest BCUT2D eigenvalue weighted by Gasteiger charge is -2.21. The number of ether oxygens (including phenoxy) is 1. The van der Waals surface area contributed by atoms with Crippen LogP contribution in [-0.4, -0.2) is 50.0 Å². The van der Waals surface area contributed by atoms with E-state index in [1.54, 1.807) is 18.9 Å². The topological polar surface area (TPSA) is 78.3 Å². The molecule has 0 aliphatic heterocycles. The van der Waals surface area contributed by atoms with Crippen LogP contribution >= 0.6 is 0 Å². The van der Waals surface area contributed by atoms with E-state index in [1.807, 2.05) is 6.92 Å². The van der Waals surface area contributed by atoms with Crippen molar-refractivity contribution in [1.82, 2.24) is 15.5 Å². The average Bonchev–Trinajstić information content (AvgIpc) is 2.40. The molecule has 0 aliphatic carbocycles. The SMILES string of the molecule is C=C/N=C(/NC)N(/C=N\CC(=O)OCC)CNC(=C)C. The smallest absolute Gasteiger partial charge is 0.327 e. The number of hydrogen-bond acceptors (Lipinski definition) is 5. The maximum absolute atomic E-state index is 11.2. The van der Waals surface area contributed by atoms with Gasteiger partial charge in [0, 0.05) is 18.9 Å². The molecule has 0 saturated carbocycles. The summed E-state index contributed by atoms with van der Waals surface area (Å²) in [5.41, 5.74) is 0.808. The highest BCUT2D eigenvalue weighted by molar-refractivity contribution is 5.90. The highest BCUT2D eigenvalue weighted by Crippen LogP contribution is 1.89. The van der Waals surface area contributed by atoms with Crippen molar-refractivity contribution in [3.63, 3.8) is 0 Å². The van der Waals surface area contributed by atoms with Gasteiger partial charge < -0.3 is 15.4 Å². The third kappa shape index (κ3) is 7.91. The van der Waals surface area contributed by atoms with Crippen LogP contribution in [0.1, 0.15) is 13.8 Å². The van der Waals surface area contributed by atoms with Crippen LogP contribution in [0, 0.1) is 0 Å². The van der Waals surface area contributed by atoms with Crippen molar-refractivity contribution in [1.29, 1.82) is 0 Å². The Balaban J connectivity index is 4.70. The Bertz CT molecular complexity index is 390. The van der Waals surface area contributed by atoms with Crippen LogP contribution in [0.25, 0.3) is 0 Å². The van der Waals surface area contributed by atoms with Gasteiger partial charge in [-0.25, -0.2) is 4.99 Å². The molecule has 0 saturated heterocycles. The van der Waals surface area contributed by atoms with E-state index >= 15 is 0 Å². The van der Waals surface area contributed by atoms with E-state index in [1.165, 1.54) is 12.5 Å². The Morgan fingerprint density at radius 2 is 2.20 bits per heavy atom. The van der Waals surface area contributed by atoms with Crippen molar-refractivity contribution in [3.8, 4) is 0 Å². The van der Waals surface area contributed by atoms with Crippen LogP contribution in [0.4, 0.5) is 0 Å². The molecule has 112 valence electrons. The van der Waals surface area contributed by atoms with Crippen LogP contribution in [0.3, 0.4) is 0 Å². The van der Waals surface area contributed by atoms with Crippen molar-refractivity contribution >= 4 is 18.3 Å². The average molecular weight is 281 g/mol. The minimum absolute atomic E-state index is 0.0392. The van der Waals surface area contributed by atoms with E-state index in [4.69, 9.17) is 4.74 Å². The number of carbonyl (C=O) groups is 1. The number of aliphatic imine (C=N–C) groups is 2. The van der Waals surface area contributed by atoms with Gasteiger partial charge in [0.05, 0.1) is 19.6 Å². The third-order valence-electron chi connectivity index (χ3n) is 2.01. The molecule has 2 N–H and O–H groups in total. The van der Waals surface area contributed by atoms with Gasteiger partial charge in [-0.1, -0.05) is 13.2 Å². The molecular formula is C13H23N5O2. The number of esters is 1. The van der Waals surface area contributed by atoms with Gasteiger partial charge in [0.15, 0.2) is 0 Å². The summed E-state index contributed by atoms with van der Waals surface area (Å²) in [5.74, 6) is 0.171. The van der Waals surface area contributed by atoms with E-state index < -0.39 is 0 Å². The number of nitrogens with one attached hydrogen (secondary N) is 2. The fourth-order valence-electron chi connectivity index (χ4n) is 1.18. The van der Waals surface area contributed by atoms with E-state index in [0.717, 1.165) is 5.70 Å². The summed E-state index contributed by atoms with van der Waals surface area (Å²) in [6.07, 6.45) is 2.92. The lowest BCUT2D eigenvalue weighted by molar-refractivity contribution is -0.141. The summed E-state index contributed by atoms with van der Waals surface area (Å²) in [5, 5.41) is 5.97. The van der Waals surface area contributed by atoms with E-state index in [9.17, 15) is 4.79 Å².